The van der Waals surface area contributed by atoms with Gasteiger partial charge in [0.25, 0.3) is 0 Å². The van der Waals surface area contributed by atoms with E-state index in [-0.39, 0.29) is 32.5 Å². The van der Waals surface area contributed by atoms with Crippen molar-refractivity contribution in [1.82, 2.24) is 0 Å². The summed E-state index contributed by atoms with van der Waals surface area (Å²) in [4.78, 5) is 0. The third-order valence-electron chi connectivity index (χ3n) is 24.4. The van der Waals surface area contributed by atoms with Crippen LogP contribution in [0.5, 0.6) is 0 Å². The molecule has 8 saturated carbocycles. The van der Waals surface area contributed by atoms with Gasteiger partial charge in [-0.1, -0.05) is 240 Å². The number of rotatable bonds is 5. The van der Waals surface area contributed by atoms with Gasteiger partial charge in [0.15, 0.2) is 0 Å². The Balaban J connectivity index is 0.876. The molecule has 0 heterocycles. The Kier molecular flexibility index (Phi) is 17.7. The molecule has 0 heteroatoms. The molecule has 0 N–H and O–H groups in total. The van der Waals surface area contributed by atoms with Crippen molar-refractivity contribution in [2.45, 2.75) is 98.7 Å². The van der Waals surface area contributed by atoms with Crippen LogP contribution in [0.4, 0.5) is 0 Å². The normalized spacial score (nSPS) is 23.1. The minimum atomic E-state index is -0.251. The van der Waals surface area contributed by atoms with Crippen LogP contribution in [-0.2, 0) is 21.7 Å². The van der Waals surface area contributed by atoms with E-state index in [2.05, 4.69) is 410 Å². The molecular weight excluding hydrogens is 1300 g/mol. The van der Waals surface area contributed by atoms with Gasteiger partial charge in [-0.3, -0.25) is 0 Å². The average Bonchev–Trinajstić information content (AvgIpc) is 0.653. The molecule has 0 saturated heterocycles. The fourth-order valence-corrected chi connectivity index (χ4v) is 21.0. The van der Waals surface area contributed by atoms with Gasteiger partial charge in [-0.15, -0.1) is 0 Å². The Morgan fingerprint density at radius 1 is 0.157 bits per heavy atom. The second kappa shape index (κ2) is 28.5. The van der Waals surface area contributed by atoms with Gasteiger partial charge in [0, 0.05) is 89.0 Å². The van der Waals surface area contributed by atoms with Gasteiger partial charge in [-0.05, 0) is 313 Å². The Hall–Kier alpha value is -12.9. The average molecular weight is 1380 g/mol. The summed E-state index contributed by atoms with van der Waals surface area (Å²) >= 11 is 0. The van der Waals surface area contributed by atoms with Gasteiger partial charge < -0.3 is 0 Å². The van der Waals surface area contributed by atoms with E-state index in [1.807, 2.05) is 0 Å². The summed E-state index contributed by atoms with van der Waals surface area (Å²) in [5, 5.41) is 0. The molecule has 0 amide bonds. The zero-order valence-corrected chi connectivity index (χ0v) is 60.7. The Morgan fingerprint density at radius 2 is 0.306 bits per heavy atom. The first-order chi connectivity index (χ1) is 53.1. The molecule has 0 aromatic heterocycles. The van der Waals surface area contributed by atoms with Crippen LogP contribution in [0, 0.1) is 117 Å². The highest BCUT2D eigenvalue weighted by molar-refractivity contribution is 5.61. The predicted molar refractivity (Wildman–Crippen MR) is 439 cm³/mol. The molecule has 8 bridgehead atoms. The van der Waals surface area contributed by atoms with E-state index >= 15 is 0 Å². The molecule has 0 nitrogen and oxygen atoms in total. The van der Waals surface area contributed by atoms with Crippen molar-refractivity contribution in [3.05, 3.63) is 427 Å². The van der Waals surface area contributed by atoms with Crippen molar-refractivity contribution >= 4 is 0 Å². The van der Waals surface area contributed by atoms with Gasteiger partial charge in [0.05, 0.1) is 0 Å². The minimum absolute atomic E-state index is 0.132. The van der Waals surface area contributed by atoms with Crippen LogP contribution in [0.15, 0.2) is 315 Å². The standard InChI is InChI=1S/C108H78/c1-9-25-81(26-10-1)41-49-89-57-90(50-42-82-27-11-2-12-28-82)62-99(61-89)103-69-97-70-104(75-103,100-63-91(51-43-83-29-13-3-14-30-83)58-92(64-100)52-44-84-31-15-4-16-32-84)78-107(73-97,77-103)108-74-98-71-105(79-108,101-65-93(53-45-85-33-17-5-18-34-85)59-94(66-101)54-46-86-35-19-6-20-36-86)76-106(72-98,80-108)102-67-95(55-47-87-37-21-7-22-38-87)60-96(68-102)56-48-88-39-23-8-24-40-88/h1-40,57-68,97-98H,69-80H2. The Labute approximate surface area is 638 Å². The highest BCUT2D eigenvalue weighted by Gasteiger charge is 2.75. The largest absolute Gasteiger partial charge is 0.0622 e. The van der Waals surface area contributed by atoms with Crippen LogP contribution in [0.3, 0.4) is 0 Å². The van der Waals surface area contributed by atoms with Crippen LogP contribution < -0.4 is 0 Å². The summed E-state index contributed by atoms with van der Waals surface area (Å²) in [6.45, 7) is 0. The quantitative estimate of drug-likeness (QED) is 0.151. The molecule has 8 aliphatic carbocycles. The molecule has 510 valence electrons. The van der Waals surface area contributed by atoms with E-state index < -0.39 is 0 Å². The monoisotopic (exact) mass is 1370 g/mol. The molecular formula is C108H78. The van der Waals surface area contributed by atoms with Gasteiger partial charge in [-0.2, -0.15) is 0 Å². The minimum Gasteiger partial charge on any atom is -0.0622 e. The molecule has 8 fully saturated rings. The molecule has 0 spiro atoms. The smallest absolute Gasteiger partial charge is 0.0264 e. The summed E-state index contributed by atoms with van der Waals surface area (Å²) < 4.78 is 0. The van der Waals surface area contributed by atoms with Gasteiger partial charge in [0.1, 0.15) is 0 Å². The topological polar surface area (TPSA) is 0 Å². The lowest BCUT2D eigenvalue weighted by Crippen LogP contribution is -2.70. The van der Waals surface area contributed by atoms with E-state index in [9.17, 15) is 0 Å². The highest BCUT2D eigenvalue weighted by atomic mass is 14.8. The number of hydrogen-bond acceptors (Lipinski definition) is 0. The van der Waals surface area contributed by atoms with Crippen molar-refractivity contribution < 1.29 is 0 Å². The lowest BCUT2D eigenvalue weighted by Gasteiger charge is -2.77. The second-order valence-electron chi connectivity index (χ2n) is 31.8. The maximum atomic E-state index is 3.75. The molecule has 12 aromatic carbocycles. The van der Waals surface area contributed by atoms with Crippen molar-refractivity contribution in [3.8, 4) is 94.7 Å². The zero-order valence-electron chi connectivity index (χ0n) is 60.7. The van der Waals surface area contributed by atoms with Crippen LogP contribution in [0.2, 0.25) is 0 Å². The van der Waals surface area contributed by atoms with Crippen molar-refractivity contribution in [1.29, 1.82) is 0 Å². The van der Waals surface area contributed by atoms with Crippen LogP contribution in [0.25, 0.3) is 0 Å². The molecule has 4 unspecified atom stereocenters. The van der Waals surface area contributed by atoms with Crippen molar-refractivity contribution in [2.75, 3.05) is 0 Å². The summed E-state index contributed by atoms with van der Waals surface area (Å²) in [7, 11) is 0. The molecule has 108 heavy (non-hydrogen) atoms. The molecule has 12 aromatic rings. The van der Waals surface area contributed by atoms with E-state index in [1.54, 1.807) is 0 Å². The molecule has 0 aliphatic heterocycles. The number of benzene rings is 12. The summed E-state index contributed by atoms with van der Waals surface area (Å²) in [5.74, 6) is 59.8. The second-order valence-corrected chi connectivity index (χ2v) is 31.8. The van der Waals surface area contributed by atoms with E-state index in [0.717, 1.165) is 153 Å². The third-order valence-corrected chi connectivity index (χ3v) is 24.4. The third kappa shape index (κ3) is 13.9. The van der Waals surface area contributed by atoms with Crippen molar-refractivity contribution in [3.63, 3.8) is 0 Å². The fraction of sp³-hybridized carbons (Fsp3) is 0.185. The summed E-state index contributed by atoms with van der Waals surface area (Å²) in [6, 6.07) is 113. The van der Waals surface area contributed by atoms with Gasteiger partial charge in [0.2, 0.25) is 0 Å². The van der Waals surface area contributed by atoms with Crippen LogP contribution in [0.1, 0.15) is 188 Å². The van der Waals surface area contributed by atoms with Crippen LogP contribution in [-0.4, -0.2) is 0 Å². The SMILES string of the molecule is C(#Cc1cc(C#Cc2ccccc2)cc(C23CC4CC(c5cc(C#Cc6ccccc6)cc(C#Cc6ccccc6)c5)(C2)CC(C25CC6CC(c7cc(C#Cc8ccccc8)cc(C#Cc8ccccc8)c7)(CC(c7cc(C#Cc8ccccc8)cc(C#Cc8ccccc8)c7)(C6)C2)C5)(C4)C3)c1)c1ccccc1. The van der Waals surface area contributed by atoms with E-state index in [0.29, 0.717) is 11.8 Å². The van der Waals surface area contributed by atoms with Gasteiger partial charge >= 0.3 is 0 Å². The maximum absolute atomic E-state index is 3.75. The van der Waals surface area contributed by atoms with Gasteiger partial charge in [-0.25, -0.2) is 0 Å². The molecule has 4 atom stereocenters. The first-order valence-electron chi connectivity index (χ1n) is 38.3. The molecule has 8 aliphatic rings. The van der Waals surface area contributed by atoms with E-state index in [1.165, 1.54) is 35.1 Å². The number of hydrogen-bond donors (Lipinski definition) is 0. The highest BCUT2D eigenvalue weighted by Crippen LogP contribution is 2.82. The van der Waals surface area contributed by atoms with Crippen molar-refractivity contribution in [2.24, 2.45) is 22.7 Å². The molecule has 20 rings (SSSR count). The van der Waals surface area contributed by atoms with Crippen LogP contribution >= 0.6 is 0 Å². The summed E-state index contributed by atoms with van der Waals surface area (Å²) in [5.41, 5.74) is 20.1. The fourth-order valence-electron chi connectivity index (χ4n) is 21.0. The Bertz CT molecular complexity index is 4960. The maximum Gasteiger partial charge on any atom is 0.0264 e. The lowest BCUT2D eigenvalue weighted by molar-refractivity contribution is -0.224. The first kappa shape index (κ1) is 67.0. The zero-order chi connectivity index (χ0) is 72.3. The van der Waals surface area contributed by atoms with E-state index in [4.69, 9.17) is 0 Å². The predicted octanol–water partition coefficient (Wildman–Crippen LogP) is 21.9. The lowest BCUT2D eigenvalue weighted by atomic mass is 9.26. The summed E-state index contributed by atoms with van der Waals surface area (Å²) in [6.07, 6.45) is 13.0. The first-order valence-corrected chi connectivity index (χ1v) is 38.3. The molecule has 0 radical (unpaired) electrons. The Morgan fingerprint density at radius 3 is 0.463 bits per heavy atom.